The van der Waals surface area contributed by atoms with Crippen LogP contribution in [0.5, 0.6) is 0 Å². The van der Waals surface area contributed by atoms with Crippen molar-refractivity contribution < 1.29 is 19.8 Å². The molecule has 1 aromatic rings. The van der Waals surface area contributed by atoms with Crippen LogP contribution in [0.15, 0.2) is 30.3 Å². The maximum atomic E-state index is 11.5. The zero-order valence-corrected chi connectivity index (χ0v) is 12.6. The van der Waals surface area contributed by atoms with E-state index in [4.69, 9.17) is 0 Å². The topological polar surface area (TPSA) is 86.6 Å². The van der Waals surface area contributed by atoms with Crippen LogP contribution in [0.4, 0.5) is 0 Å². The summed E-state index contributed by atoms with van der Waals surface area (Å²) < 4.78 is 0. The Morgan fingerprint density at radius 1 is 1.05 bits per heavy atom. The molecule has 0 aromatic heterocycles. The standard InChI is InChI=1S/C17H23NO4/c19-16(20)14(11-12-7-3-1-4-8-12)18-15(17(21)22)13-9-5-2-6-10-13/h2,5-6,9-10,12,14-15,18H,1,3-4,7-8,11H2,(H,19,20)(H,21,22). The van der Waals surface area contributed by atoms with Gasteiger partial charge < -0.3 is 10.2 Å². The average Bonchev–Trinajstić information content (AvgIpc) is 2.52. The van der Waals surface area contributed by atoms with E-state index in [1.54, 1.807) is 30.3 Å². The number of aliphatic carboxylic acids is 2. The highest BCUT2D eigenvalue weighted by molar-refractivity contribution is 5.78. The van der Waals surface area contributed by atoms with Crippen molar-refractivity contribution in [3.63, 3.8) is 0 Å². The van der Waals surface area contributed by atoms with Gasteiger partial charge in [0.2, 0.25) is 0 Å². The Labute approximate surface area is 130 Å². The smallest absolute Gasteiger partial charge is 0.325 e. The van der Waals surface area contributed by atoms with Gasteiger partial charge in [0.05, 0.1) is 0 Å². The van der Waals surface area contributed by atoms with E-state index in [1.165, 1.54) is 6.42 Å². The number of hydrogen-bond donors (Lipinski definition) is 3. The Hall–Kier alpha value is -1.88. The number of hydrogen-bond acceptors (Lipinski definition) is 3. The first-order chi connectivity index (χ1) is 10.6. The lowest BCUT2D eigenvalue weighted by atomic mass is 9.84. The summed E-state index contributed by atoms with van der Waals surface area (Å²) in [5.74, 6) is -1.67. The first kappa shape index (κ1) is 16.5. The maximum Gasteiger partial charge on any atom is 0.325 e. The minimum absolute atomic E-state index is 0.368. The number of rotatable bonds is 7. The molecule has 2 atom stereocenters. The van der Waals surface area contributed by atoms with Gasteiger partial charge in [0, 0.05) is 0 Å². The molecule has 0 aliphatic heterocycles. The Kier molecular flexibility index (Phi) is 5.95. The minimum atomic E-state index is -1.05. The fourth-order valence-corrected chi connectivity index (χ4v) is 3.15. The van der Waals surface area contributed by atoms with Gasteiger partial charge in [-0.1, -0.05) is 62.4 Å². The first-order valence-electron chi connectivity index (χ1n) is 7.84. The summed E-state index contributed by atoms with van der Waals surface area (Å²) in [5, 5.41) is 21.7. The predicted octanol–water partition coefficient (Wildman–Crippen LogP) is 2.83. The fourth-order valence-electron chi connectivity index (χ4n) is 3.15. The van der Waals surface area contributed by atoms with Gasteiger partial charge in [0.15, 0.2) is 0 Å². The van der Waals surface area contributed by atoms with E-state index in [9.17, 15) is 19.8 Å². The summed E-state index contributed by atoms with van der Waals surface area (Å²) in [7, 11) is 0. The molecule has 2 rings (SSSR count). The third kappa shape index (κ3) is 4.56. The Morgan fingerprint density at radius 3 is 2.23 bits per heavy atom. The molecule has 0 amide bonds. The molecule has 3 N–H and O–H groups in total. The van der Waals surface area contributed by atoms with Gasteiger partial charge in [-0.3, -0.25) is 14.9 Å². The molecule has 0 radical (unpaired) electrons. The van der Waals surface area contributed by atoms with E-state index >= 15 is 0 Å². The average molecular weight is 305 g/mol. The van der Waals surface area contributed by atoms with Gasteiger partial charge in [0.1, 0.15) is 12.1 Å². The van der Waals surface area contributed by atoms with Gasteiger partial charge >= 0.3 is 11.9 Å². The summed E-state index contributed by atoms with van der Waals surface area (Å²) in [6.45, 7) is 0. The lowest BCUT2D eigenvalue weighted by molar-refractivity contribution is -0.143. The van der Waals surface area contributed by atoms with Crippen LogP contribution in [0.3, 0.4) is 0 Å². The molecule has 1 fully saturated rings. The Bertz CT molecular complexity index is 497. The van der Waals surface area contributed by atoms with Gasteiger partial charge in [0.25, 0.3) is 0 Å². The molecule has 0 heterocycles. The van der Waals surface area contributed by atoms with Gasteiger partial charge in [-0.2, -0.15) is 0 Å². The van der Waals surface area contributed by atoms with Gasteiger partial charge in [-0.25, -0.2) is 0 Å². The zero-order valence-electron chi connectivity index (χ0n) is 12.6. The van der Waals surface area contributed by atoms with Gasteiger partial charge in [-0.15, -0.1) is 0 Å². The SMILES string of the molecule is O=C(O)C(CC1CCCCC1)NC(C(=O)O)c1ccccc1. The van der Waals surface area contributed by atoms with Crippen LogP contribution < -0.4 is 5.32 Å². The van der Waals surface area contributed by atoms with E-state index in [-0.39, 0.29) is 0 Å². The van der Waals surface area contributed by atoms with E-state index in [2.05, 4.69) is 5.32 Å². The fraction of sp³-hybridized carbons (Fsp3) is 0.529. The van der Waals surface area contributed by atoms with E-state index in [0.717, 1.165) is 25.7 Å². The van der Waals surface area contributed by atoms with Crippen LogP contribution in [0, 0.1) is 5.92 Å². The summed E-state index contributed by atoms with van der Waals surface area (Å²) in [5.41, 5.74) is 0.574. The second-order valence-corrected chi connectivity index (χ2v) is 5.98. The third-order valence-electron chi connectivity index (χ3n) is 4.34. The van der Waals surface area contributed by atoms with Crippen molar-refractivity contribution >= 4 is 11.9 Å². The molecule has 0 spiro atoms. The van der Waals surface area contributed by atoms with Crippen molar-refractivity contribution in [2.75, 3.05) is 0 Å². The van der Waals surface area contributed by atoms with Crippen LogP contribution >= 0.6 is 0 Å². The second-order valence-electron chi connectivity index (χ2n) is 5.98. The Balaban J connectivity index is 2.07. The van der Waals surface area contributed by atoms with Crippen LogP contribution in [-0.4, -0.2) is 28.2 Å². The quantitative estimate of drug-likeness (QED) is 0.721. The van der Waals surface area contributed by atoms with Crippen molar-refractivity contribution in [2.45, 2.75) is 50.6 Å². The maximum absolute atomic E-state index is 11.5. The molecule has 1 aliphatic rings. The molecule has 120 valence electrons. The first-order valence-corrected chi connectivity index (χ1v) is 7.84. The van der Waals surface area contributed by atoms with Crippen molar-refractivity contribution in [3.8, 4) is 0 Å². The van der Waals surface area contributed by atoms with Crippen LogP contribution in [0.25, 0.3) is 0 Å². The molecule has 1 saturated carbocycles. The van der Waals surface area contributed by atoms with Crippen molar-refractivity contribution in [1.29, 1.82) is 0 Å². The molecule has 1 aliphatic carbocycles. The lowest BCUT2D eigenvalue weighted by Crippen LogP contribution is -2.43. The second kappa shape index (κ2) is 7.94. The molecule has 1 aromatic carbocycles. The molecule has 0 bridgehead atoms. The van der Waals surface area contributed by atoms with E-state index in [0.29, 0.717) is 17.9 Å². The van der Waals surface area contributed by atoms with Crippen molar-refractivity contribution in [3.05, 3.63) is 35.9 Å². The monoisotopic (exact) mass is 305 g/mol. The molecule has 0 saturated heterocycles. The third-order valence-corrected chi connectivity index (χ3v) is 4.34. The van der Waals surface area contributed by atoms with Crippen molar-refractivity contribution in [1.82, 2.24) is 5.32 Å². The largest absolute Gasteiger partial charge is 0.480 e. The summed E-state index contributed by atoms with van der Waals surface area (Å²) in [6.07, 6.45) is 6.05. The zero-order chi connectivity index (χ0) is 15.9. The molecule has 5 heteroatoms. The number of carboxylic acid groups (broad SMARTS) is 2. The molecular weight excluding hydrogens is 282 g/mol. The van der Waals surface area contributed by atoms with Crippen LogP contribution in [0.1, 0.15) is 50.1 Å². The highest BCUT2D eigenvalue weighted by Gasteiger charge is 2.29. The normalized spacial score (nSPS) is 18.5. The summed E-state index contributed by atoms with van der Waals surface area (Å²) in [4.78, 5) is 23.0. The number of carbonyl (C=O) groups is 2. The highest BCUT2D eigenvalue weighted by Crippen LogP contribution is 2.28. The van der Waals surface area contributed by atoms with E-state index in [1.807, 2.05) is 0 Å². The number of nitrogens with one attached hydrogen (secondary N) is 1. The van der Waals surface area contributed by atoms with Crippen LogP contribution in [0.2, 0.25) is 0 Å². The molecule has 22 heavy (non-hydrogen) atoms. The molecular formula is C17H23NO4. The summed E-state index contributed by atoms with van der Waals surface area (Å²) in [6, 6.07) is 6.89. The summed E-state index contributed by atoms with van der Waals surface area (Å²) >= 11 is 0. The predicted molar refractivity (Wildman–Crippen MR) is 82.6 cm³/mol. The Morgan fingerprint density at radius 2 is 1.68 bits per heavy atom. The minimum Gasteiger partial charge on any atom is -0.480 e. The molecule has 2 unspecified atom stereocenters. The lowest BCUT2D eigenvalue weighted by Gasteiger charge is -2.27. The number of carboxylic acids is 2. The number of benzene rings is 1. The van der Waals surface area contributed by atoms with Gasteiger partial charge in [-0.05, 0) is 17.9 Å². The molecule has 5 nitrogen and oxygen atoms in total. The van der Waals surface area contributed by atoms with Crippen molar-refractivity contribution in [2.24, 2.45) is 5.92 Å². The van der Waals surface area contributed by atoms with Crippen LogP contribution in [-0.2, 0) is 9.59 Å². The van der Waals surface area contributed by atoms with E-state index < -0.39 is 24.0 Å². The highest BCUT2D eigenvalue weighted by atomic mass is 16.4.